The molecular formula is C15H19N3O3S2. The Morgan fingerprint density at radius 3 is 2.35 bits per heavy atom. The lowest BCUT2D eigenvalue weighted by Gasteiger charge is -2.16. The van der Waals surface area contributed by atoms with Gasteiger partial charge in [-0.3, -0.25) is 9.10 Å². The van der Waals surface area contributed by atoms with Crippen molar-refractivity contribution in [2.45, 2.75) is 20.4 Å². The largest absolute Gasteiger partial charge is 0.346 e. The third-order valence-corrected chi connectivity index (χ3v) is 5.74. The van der Waals surface area contributed by atoms with E-state index < -0.39 is 10.0 Å². The number of thiazole rings is 1. The second-order valence-electron chi connectivity index (χ2n) is 5.21. The van der Waals surface area contributed by atoms with Gasteiger partial charge < -0.3 is 5.32 Å². The van der Waals surface area contributed by atoms with Crippen molar-refractivity contribution in [1.82, 2.24) is 10.3 Å². The summed E-state index contributed by atoms with van der Waals surface area (Å²) in [6.07, 6.45) is 1.13. The highest BCUT2D eigenvalue weighted by atomic mass is 32.2. The van der Waals surface area contributed by atoms with Crippen LogP contribution in [0.3, 0.4) is 0 Å². The second-order valence-corrected chi connectivity index (χ2v) is 8.51. The van der Waals surface area contributed by atoms with Crippen molar-refractivity contribution in [2.75, 3.05) is 17.6 Å². The monoisotopic (exact) mass is 353 g/mol. The highest BCUT2D eigenvalue weighted by Gasteiger charge is 2.13. The third-order valence-electron chi connectivity index (χ3n) is 3.46. The number of aryl methyl sites for hydroxylation is 2. The summed E-state index contributed by atoms with van der Waals surface area (Å²) in [5.41, 5.74) is 1.96. The van der Waals surface area contributed by atoms with Crippen molar-refractivity contribution in [3.8, 4) is 0 Å². The van der Waals surface area contributed by atoms with Gasteiger partial charge in [0.05, 0.1) is 24.2 Å². The highest BCUT2D eigenvalue weighted by molar-refractivity contribution is 7.92. The molecule has 6 nitrogen and oxygen atoms in total. The molecule has 0 unspecified atom stereocenters. The topological polar surface area (TPSA) is 79.4 Å². The average molecular weight is 353 g/mol. The van der Waals surface area contributed by atoms with Crippen LogP contribution in [0.5, 0.6) is 0 Å². The Labute approximate surface area is 140 Å². The molecule has 8 heteroatoms. The minimum Gasteiger partial charge on any atom is -0.346 e. The number of hydrogen-bond acceptors (Lipinski definition) is 5. The summed E-state index contributed by atoms with van der Waals surface area (Å²) in [6, 6.07) is 6.41. The minimum atomic E-state index is -3.31. The summed E-state index contributed by atoms with van der Waals surface area (Å²) in [6.45, 7) is 4.31. The smallest absolute Gasteiger partial charge is 0.251 e. The van der Waals surface area contributed by atoms with E-state index in [1.165, 1.54) is 7.05 Å². The van der Waals surface area contributed by atoms with Gasteiger partial charge in [0.1, 0.15) is 5.01 Å². The molecule has 0 aliphatic heterocycles. The number of nitrogens with zero attached hydrogens (tertiary/aromatic N) is 2. The Balaban J connectivity index is 2.03. The van der Waals surface area contributed by atoms with Crippen molar-refractivity contribution < 1.29 is 13.2 Å². The first-order valence-corrected chi connectivity index (χ1v) is 9.60. The van der Waals surface area contributed by atoms with Crippen molar-refractivity contribution in [3.63, 3.8) is 0 Å². The maximum Gasteiger partial charge on any atom is 0.251 e. The number of anilines is 1. The molecule has 1 N–H and O–H groups in total. The molecule has 1 heterocycles. The third kappa shape index (κ3) is 4.29. The van der Waals surface area contributed by atoms with Crippen molar-refractivity contribution in [3.05, 3.63) is 45.4 Å². The standard InChI is InChI=1S/C15H19N3O3S2/c1-10-11(2)22-14(17-10)9-16-15(19)12-5-7-13(8-6-12)18(3)23(4,20)21/h5-8H,9H2,1-4H3,(H,16,19). The molecule has 124 valence electrons. The minimum absolute atomic E-state index is 0.218. The first kappa shape index (κ1) is 17.4. The molecule has 0 bridgehead atoms. The van der Waals surface area contributed by atoms with E-state index in [9.17, 15) is 13.2 Å². The van der Waals surface area contributed by atoms with Crippen LogP contribution in [-0.4, -0.2) is 32.6 Å². The SMILES string of the molecule is Cc1nc(CNC(=O)c2ccc(N(C)S(C)(=O)=O)cc2)sc1C. The lowest BCUT2D eigenvalue weighted by molar-refractivity contribution is 0.0951. The van der Waals surface area contributed by atoms with Gasteiger partial charge in [-0.15, -0.1) is 11.3 Å². The zero-order chi connectivity index (χ0) is 17.2. The molecule has 0 saturated heterocycles. The average Bonchev–Trinajstić information content (AvgIpc) is 2.82. The number of rotatable bonds is 5. The fourth-order valence-electron chi connectivity index (χ4n) is 1.89. The molecule has 0 aliphatic rings. The van der Waals surface area contributed by atoms with E-state index in [-0.39, 0.29) is 5.91 Å². The Hall–Kier alpha value is -1.93. The van der Waals surface area contributed by atoms with Gasteiger partial charge in [0.15, 0.2) is 0 Å². The number of sulfonamides is 1. The van der Waals surface area contributed by atoms with Gasteiger partial charge >= 0.3 is 0 Å². The predicted octanol–water partition coefficient (Wildman–Crippen LogP) is 2.09. The lowest BCUT2D eigenvalue weighted by Crippen LogP contribution is -2.25. The van der Waals surface area contributed by atoms with Gasteiger partial charge in [-0.2, -0.15) is 0 Å². The van der Waals surface area contributed by atoms with Crippen LogP contribution in [0.25, 0.3) is 0 Å². The first-order chi connectivity index (χ1) is 10.7. The molecule has 23 heavy (non-hydrogen) atoms. The number of nitrogens with one attached hydrogen (secondary N) is 1. The maximum atomic E-state index is 12.1. The molecule has 1 aromatic heterocycles. The molecule has 1 amide bonds. The molecule has 0 fully saturated rings. The van der Waals surface area contributed by atoms with Gasteiger partial charge in [-0.25, -0.2) is 13.4 Å². The van der Waals surface area contributed by atoms with Gasteiger partial charge in [0.2, 0.25) is 10.0 Å². The van der Waals surface area contributed by atoms with E-state index in [2.05, 4.69) is 10.3 Å². The van der Waals surface area contributed by atoms with E-state index >= 15 is 0 Å². The Kier molecular flexibility index (Phi) is 5.06. The molecule has 0 aliphatic carbocycles. The van der Waals surface area contributed by atoms with Gasteiger partial charge in [0.25, 0.3) is 5.91 Å². The fraction of sp³-hybridized carbons (Fsp3) is 0.333. The molecular weight excluding hydrogens is 334 g/mol. The number of aromatic nitrogens is 1. The number of carbonyl (C=O) groups is 1. The zero-order valence-electron chi connectivity index (χ0n) is 13.5. The van der Waals surface area contributed by atoms with E-state index in [0.29, 0.717) is 17.8 Å². The van der Waals surface area contributed by atoms with Crippen LogP contribution in [0.4, 0.5) is 5.69 Å². The lowest BCUT2D eigenvalue weighted by atomic mass is 10.2. The zero-order valence-corrected chi connectivity index (χ0v) is 15.1. The van der Waals surface area contributed by atoms with Gasteiger partial charge in [0, 0.05) is 17.5 Å². The molecule has 0 saturated carbocycles. The van der Waals surface area contributed by atoms with E-state index in [0.717, 1.165) is 26.1 Å². The molecule has 2 aromatic rings. The molecule has 2 rings (SSSR count). The summed E-state index contributed by atoms with van der Waals surface area (Å²) in [5.74, 6) is -0.218. The van der Waals surface area contributed by atoms with Crippen LogP contribution < -0.4 is 9.62 Å². The van der Waals surface area contributed by atoms with E-state index in [4.69, 9.17) is 0 Å². The summed E-state index contributed by atoms with van der Waals surface area (Å²) in [5, 5.41) is 3.67. The van der Waals surface area contributed by atoms with Crippen LogP contribution in [0.15, 0.2) is 24.3 Å². The van der Waals surface area contributed by atoms with E-state index in [1.807, 2.05) is 13.8 Å². The van der Waals surface area contributed by atoms with Gasteiger partial charge in [-0.05, 0) is 38.1 Å². The van der Waals surface area contributed by atoms with Crippen molar-refractivity contribution in [1.29, 1.82) is 0 Å². The van der Waals surface area contributed by atoms with Crippen molar-refractivity contribution >= 4 is 33.0 Å². The Morgan fingerprint density at radius 1 is 1.26 bits per heavy atom. The summed E-state index contributed by atoms with van der Waals surface area (Å²) in [7, 11) is -1.84. The summed E-state index contributed by atoms with van der Waals surface area (Å²) < 4.78 is 24.1. The highest BCUT2D eigenvalue weighted by Crippen LogP contribution is 2.18. The number of hydrogen-bond donors (Lipinski definition) is 1. The number of benzene rings is 1. The first-order valence-electron chi connectivity index (χ1n) is 6.93. The van der Waals surface area contributed by atoms with Crippen LogP contribution >= 0.6 is 11.3 Å². The quantitative estimate of drug-likeness (QED) is 0.893. The second kappa shape index (κ2) is 6.67. The van der Waals surface area contributed by atoms with Crippen LogP contribution in [-0.2, 0) is 16.6 Å². The van der Waals surface area contributed by atoms with Crippen molar-refractivity contribution in [2.24, 2.45) is 0 Å². The fourth-order valence-corrected chi connectivity index (χ4v) is 3.27. The van der Waals surface area contributed by atoms with Crippen LogP contribution in [0, 0.1) is 13.8 Å². The normalized spacial score (nSPS) is 11.3. The van der Waals surface area contributed by atoms with Crippen LogP contribution in [0.1, 0.15) is 25.9 Å². The van der Waals surface area contributed by atoms with Gasteiger partial charge in [-0.1, -0.05) is 0 Å². The summed E-state index contributed by atoms with van der Waals surface area (Å²) >= 11 is 1.56. The number of carbonyl (C=O) groups excluding carboxylic acids is 1. The van der Waals surface area contributed by atoms with Crippen LogP contribution in [0.2, 0.25) is 0 Å². The maximum absolute atomic E-state index is 12.1. The number of amides is 1. The predicted molar refractivity (Wildman–Crippen MR) is 92.4 cm³/mol. The Morgan fingerprint density at radius 2 is 1.87 bits per heavy atom. The molecule has 0 spiro atoms. The molecule has 0 radical (unpaired) electrons. The van der Waals surface area contributed by atoms with E-state index in [1.54, 1.807) is 35.6 Å². The Bertz CT molecular complexity index is 791. The molecule has 0 atom stereocenters. The molecule has 1 aromatic carbocycles. The summed E-state index contributed by atoms with van der Waals surface area (Å²) in [4.78, 5) is 17.6.